The van der Waals surface area contributed by atoms with Gasteiger partial charge in [-0.2, -0.15) is 0 Å². The van der Waals surface area contributed by atoms with Crippen LogP contribution in [0.2, 0.25) is 0 Å². The van der Waals surface area contributed by atoms with Crippen molar-refractivity contribution in [3.05, 3.63) is 12.3 Å². The number of hydrogen-bond donors (Lipinski definition) is 0. The lowest BCUT2D eigenvalue weighted by Crippen LogP contribution is -2.69. The van der Waals surface area contributed by atoms with E-state index < -0.39 is 11.0 Å². The maximum absolute atomic E-state index is 12.1. The fourth-order valence-corrected chi connectivity index (χ4v) is 7.46. The molecule has 0 amide bonds. The van der Waals surface area contributed by atoms with Crippen LogP contribution >= 0.6 is 0 Å². The van der Waals surface area contributed by atoms with Crippen LogP contribution in [0.25, 0.3) is 0 Å². The molecule has 0 aromatic rings. The SMILES string of the molecule is CC(=O)OC[C@@]12[C@H](CCC[C@@]13CO3)[C@@](C)([C@@H]1C[C@@H]3C=CO[C@@H]3O1)[C@H](C)C[C@H]2OC(C)=O. The van der Waals surface area contributed by atoms with Crippen LogP contribution in [-0.2, 0) is 33.3 Å². The van der Waals surface area contributed by atoms with Gasteiger partial charge in [0.25, 0.3) is 0 Å². The van der Waals surface area contributed by atoms with Gasteiger partial charge in [-0.15, -0.1) is 0 Å². The maximum atomic E-state index is 12.1. The highest BCUT2D eigenvalue weighted by molar-refractivity contribution is 5.67. The first-order valence-electron chi connectivity index (χ1n) is 11.6. The molecule has 0 aromatic heterocycles. The van der Waals surface area contributed by atoms with E-state index in [1.165, 1.54) is 13.8 Å². The highest BCUT2D eigenvalue weighted by Crippen LogP contribution is 2.70. The predicted octanol–water partition coefficient (Wildman–Crippen LogP) is 3.36. The minimum atomic E-state index is -0.568. The first-order valence-corrected chi connectivity index (χ1v) is 11.6. The molecule has 2 aliphatic carbocycles. The van der Waals surface area contributed by atoms with E-state index in [0.29, 0.717) is 13.0 Å². The second kappa shape index (κ2) is 7.20. The van der Waals surface area contributed by atoms with Gasteiger partial charge in [0.05, 0.1) is 24.4 Å². The summed E-state index contributed by atoms with van der Waals surface area (Å²) < 4.78 is 30.0. The Balaban J connectivity index is 1.58. The summed E-state index contributed by atoms with van der Waals surface area (Å²) in [6.45, 7) is 8.30. The quantitative estimate of drug-likeness (QED) is 0.496. The van der Waals surface area contributed by atoms with Crippen LogP contribution in [0, 0.1) is 28.6 Å². The molecule has 0 N–H and O–H groups in total. The van der Waals surface area contributed by atoms with Gasteiger partial charge >= 0.3 is 11.9 Å². The summed E-state index contributed by atoms with van der Waals surface area (Å²) in [5.74, 6) is 0.0539. The molecular weight excluding hydrogens is 400 g/mol. The smallest absolute Gasteiger partial charge is 0.302 e. The van der Waals surface area contributed by atoms with Gasteiger partial charge in [0.2, 0.25) is 6.29 Å². The molecule has 0 unspecified atom stereocenters. The predicted molar refractivity (Wildman–Crippen MR) is 110 cm³/mol. The number of carbonyl (C=O) groups is 2. The zero-order chi connectivity index (χ0) is 22.0. The van der Waals surface area contributed by atoms with Crippen molar-refractivity contribution >= 4 is 11.9 Å². The number of esters is 2. The van der Waals surface area contributed by atoms with Crippen LogP contribution in [0.15, 0.2) is 12.3 Å². The Morgan fingerprint density at radius 2 is 1.97 bits per heavy atom. The molecule has 2 saturated heterocycles. The van der Waals surface area contributed by atoms with Crippen molar-refractivity contribution in [3.8, 4) is 0 Å². The summed E-state index contributed by atoms with van der Waals surface area (Å²) in [6, 6.07) is 0. The van der Waals surface area contributed by atoms with Gasteiger partial charge in [0.15, 0.2) is 0 Å². The van der Waals surface area contributed by atoms with Gasteiger partial charge in [-0.25, -0.2) is 0 Å². The van der Waals surface area contributed by atoms with Gasteiger partial charge in [-0.3, -0.25) is 9.59 Å². The monoisotopic (exact) mass is 434 g/mol. The molecule has 0 radical (unpaired) electrons. The summed E-state index contributed by atoms with van der Waals surface area (Å²) in [6.07, 6.45) is 7.82. The Morgan fingerprint density at radius 1 is 1.19 bits per heavy atom. The topological polar surface area (TPSA) is 83.6 Å². The average molecular weight is 435 g/mol. The van der Waals surface area contributed by atoms with Crippen molar-refractivity contribution in [1.82, 2.24) is 0 Å². The number of rotatable bonds is 4. The lowest BCUT2D eigenvalue weighted by molar-refractivity contribution is -0.253. The second-order valence-corrected chi connectivity index (χ2v) is 10.5. The van der Waals surface area contributed by atoms with Crippen molar-refractivity contribution in [2.45, 2.75) is 83.9 Å². The van der Waals surface area contributed by atoms with Crippen LogP contribution < -0.4 is 0 Å². The molecular formula is C24H34O7. The zero-order valence-corrected chi connectivity index (χ0v) is 18.9. The van der Waals surface area contributed by atoms with E-state index in [2.05, 4.69) is 19.9 Å². The van der Waals surface area contributed by atoms with Crippen LogP contribution in [0.3, 0.4) is 0 Å². The fourth-order valence-electron chi connectivity index (χ4n) is 7.46. The molecule has 5 rings (SSSR count). The Labute approximate surface area is 183 Å². The average Bonchev–Trinajstić information content (AvgIpc) is 3.15. The number of carbonyl (C=O) groups excluding carboxylic acids is 2. The van der Waals surface area contributed by atoms with E-state index in [4.69, 9.17) is 23.7 Å². The lowest BCUT2D eigenvalue weighted by Gasteiger charge is -2.64. The van der Waals surface area contributed by atoms with Crippen LogP contribution in [0.5, 0.6) is 0 Å². The Bertz CT molecular complexity index is 789. The van der Waals surface area contributed by atoms with Crippen LogP contribution in [0.1, 0.15) is 59.8 Å². The minimum Gasteiger partial charge on any atom is -0.472 e. The normalized spacial score (nSPS) is 49.8. The van der Waals surface area contributed by atoms with Crippen LogP contribution in [0.4, 0.5) is 0 Å². The first kappa shape index (κ1) is 21.3. The minimum absolute atomic E-state index is 0.0244. The molecule has 3 aliphatic heterocycles. The van der Waals surface area contributed by atoms with Crippen LogP contribution in [-0.4, -0.2) is 49.3 Å². The Hall–Kier alpha value is -1.60. The van der Waals surface area contributed by atoms with E-state index in [0.717, 1.165) is 25.7 Å². The molecule has 31 heavy (non-hydrogen) atoms. The standard InChI is InChI=1S/C24H34O7/c1-14-10-20(30-16(3)26)24(13-28-15(2)25)18(6-5-8-23(24)12-29-23)22(14,4)19-11-17-7-9-27-21(17)31-19/h7,9,14,17-21H,5-6,8,10-13H2,1-4H3/t14-,17+,18-,19+,20-,21-,22+,23-,24+/m1/s1. The third-order valence-electron chi connectivity index (χ3n) is 9.18. The molecule has 7 nitrogen and oxygen atoms in total. The van der Waals surface area contributed by atoms with E-state index in [1.54, 1.807) is 6.26 Å². The summed E-state index contributed by atoms with van der Waals surface area (Å²) in [7, 11) is 0. The molecule has 3 heterocycles. The molecule has 4 fully saturated rings. The maximum Gasteiger partial charge on any atom is 0.302 e. The van der Waals surface area contributed by atoms with Crippen molar-refractivity contribution in [2.75, 3.05) is 13.2 Å². The van der Waals surface area contributed by atoms with Crippen molar-refractivity contribution in [3.63, 3.8) is 0 Å². The highest BCUT2D eigenvalue weighted by Gasteiger charge is 2.76. The molecule has 1 spiro atoms. The zero-order valence-electron chi connectivity index (χ0n) is 18.9. The van der Waals surface area contributed by atoms with Crippen molar-refractivity contribution in [1.29, 1.82) is 0 Å². The highest BCUT2D eigenvalue weighted by atomic mass is 16.7. The van der Waals surface area contributed by atoms with E-state index >= 15 is 0 Å². The summed E-state index contributed by atoms with van der Waals surface area (Å²) in [4.78, 5) is 24.0. The molecule has 2 saturated carbocycles. The number of epoxide rings is 1. The van der Waals surface area contributed by atoms with Gasteiger partial charge in [-0.1, -0.05) is 20.3 Å². The lowest BCUT2D eigenvalue weighted by atomic mass is 9.42. The number of ether oxygens (including phenoxy) is 5. The third kappa shape index (κ3) is 2.99. The van der Waals surface area contributed by atoms with E-state index in [-0.39, 0.29) is 60.2 Å². The second-order valence-electron chi connectivity index (χ2n) is 10.5. The number of fused-ring (bicyclic) bond motifs is 3. The Kier molecular flexibility index (Phi) is 4.94. The Morgan fingerprint density at radius 3 is 2.61 bits per heavy atom. The van der Waals surface area contributed by atoms with Crippen molar-refractivity contribution in [2.24, 2.45) is 28.6 Å². The van der Waals surface area contributed by atoms with Gasteiger partial charge in [-0.05, 0) is 43.6 Å². The summed E-state index contributed by atoms with van der Waals surface area (Å²) in [5.41, 5.74) is -1.16. The summed E-state index contributed by atoms with van der Waals surface area (Å²) >= 11 is 0. The largest absolute Gasteiger partial charge is 0.472 e. The van der Waals surface area contributed by atoms with Gasteiger partial charge in [0, 0.05) is 25.2 Å². The number of hydrogen-bond acceptors (Lipinski definition) is 7. The summed E-state index contributed by atoms with van der Waals surface area (Å²) in [5, 5.41) is 0. The third-order valence-corrected chi connectivity index (χ3v) is 9.18. The van der Waals surface area contributed by atoms with Gasteiger partial charge in [0.1, 0.15) is 18.3 Å². The molecule has 172 valence electrons. The van der Waals surface area contributed by atoms with Gasteiger partial charge < -0.3 is 23.7 Å². The van der Waals surface area contributed by atoms with Crippen molar-refractivity contribution < 1.29 is 33.3 Å². The van der Waals surface area contributed by atoms with E-state index in [1.807, 2.05) is 0 Å². The molecule has 7 heteroatoms. The first-order chi connectivity index (χ1) is 14.7. The molecule has 0 bridgehead atoms. The van der Waals surface area contributed by atoms with E-state index in [9.17, 15) is 9.59 Å². The molecule has 0 aromatic carbocycles. The molecule has 5 aliphatic rings. The molecule has 9 atom stereocenters. The fraction of sp³-hybridized carbons (Fsp3) is 0.833.